The van der Waals surface area contributed by atoms with Crippen molar-refractivity contribution in [2.75, 3.05) is 13.7 Å². The van der Waals surface area contributed by atoms with Crippen molar-refractivity contribution in [1.29, 1.82) is 0 Å². The van der Waals surface area contributed by atoms with Crippen molar-refractivity contribution in [2.45, 2.75) is 19.9 Å². The van der Waals surface area contributed by atoms with Crippen LogP contribution in [0.2, 0.25) is 0 Å². The van der Waals surface area contributed by atoms with Gasteiger partial charge in [0.2, 0.25) is 11.8 Å². The molecule has 0 aliphatic heterocycles. The lowest BCUT2D eigenvalue weighted by Gasteiger charge is -2.08. The molecule has 0 saturated heterocycles. The van der Waals surface area contributed by atoms with E-state index in [9.17, 15) is 14.0 Å². The molecule has 0 spiro atoms. The van der Waals surface area contributed by atoms with Crippen LogP contribution in [-0.4, -0.2) is 31.5 Å². The first-order valence-electron chi connectivity index (χ1n) is 6.51. The van der Waals surface area contributed by atoms with Crippen LogP contribution in [0.5, 0.6) is 5.75 Å². The second kappa shape index (κ2) is 8.04. The Morgan fingerprint density at radius 3 is 2.67 bits per heavy atom. The number of carbonyl (C=O) groups is 2. The van der Waals surface area contributed by atoms with E-state index in [0.717, 1.165) is 0 Å². The largest absolute Gasteiger partial charge is 0.494 e. The maximum absolute atomic E-state index is 13.4. The van der Waals surface area contributed by atoms with Gasteiger partial charge in [-0.25, -0.2) is 4.39 Å². The summed E-state index contributed by atoms with van der Waals surface area (Å²) in [6.07, 6.45) is 2.70. The third-order valence-electron chi connectivity index (χ3n) is 2.48. The van der Waals surface area contributed by atoms with Gasteiger partial charge in [0.05, 0.1) is 13.7 Å². The summed E-state index contributed by atoms with van der Waals surface area (Å²) in [6.45, 7) is 3.56. The molecule has 0 atom stereocenters. The highest BCUT2D eigenvalue weighted by Crippen LogP contribution is 2.18. The molecule has 0 aliphatic rings. The van der Waals surface area contributed by atoms with E-state index in [-0.39, 0.29) is 24.2 Å². The van der Waals surface area contributed by atoms with Gasteiger partial charge in [0.1, 0.15) is 0 Å². The maximum atomic E-state index is 13.4. The van der Waals surface area contributed by atoms with Gasteiger partial charge in [0.25, 0.3) is 0 Å². The molecular formula is C15H19FN2O3. The van der Waals surface area contributed by atoms with E-state index in [0.29, 0.717) is 5.56 Å². The van der Waals surface area contributed by atoms with Crippen LogP contribution in [0.4, 0.5) is 4.39 Å². The minimum Gasteiger partial charge on any atom is -0.494 e. The number of nitrogens with one attached hydrogen (secondary N) is 2. The van der Waals surface area contributed by atoms with Gasteiger partial charge >= 0.3 is 0 Å². The zero-order valence-electron chi connectivity index (χ0n) is 12.3. The molecule has 2 N–H and O–H groups in total. The molecule has 0 saturated carbocycles. The molecule has 0 bridgehead atoms. The van der Waals surface area contributed by atoms with Gasteiger partial charge in [-0.3, -0.25) is 9.59 Å². The molecule has 0 fully saturated rings. The van der Waals surface area contributed by atoms with Crippen LogP contribution in [0.3, 0.4) is 0 Å². The lowest BCUT2D eigenvalue weighted by molar-refractivity contribution is -0.124. The maximum Gasteiger partial charge on any atom is 0.244 e. The van der Waals surface area contributed by atoms with Crippen molar-refractivity contribution in [3.05, 3.63) is 35.7 Å². The minimum absolute atomic E-state index is 0.0206. The molecule has 114 valence electrons. The van der Waals surface area contributed by atoms with Gasteiger partial charge < -0.3 is 15.4 Å². The number of rotatable bonds is 6. The molecule has 6 heteroatoms. The standard InChI is InChI=1S/C15H19FN2O3/c1-10(2)18-15(20)9-17-14(19)7-5-11-4-6-13(21-3)12(16)8-11/h4-8,10H,9H2,1-3H3,(H,17,19)(H,18,20)/b7-5+. The molecule has 2 amide bonds. The number of hydrogen-bond donors (Lipinski definition) is 2. The number of amides is 2. The molecule has 0 radical (unpaired) electrons. The number of methoxy groups -OCH3 is 1. The van der Waals surface area contributed by atoms with Crippen LogP contribution in [-0.2, 0) is 9.59 Å². The third-order valence-corrected chi connectivity index (χ3v) is 2.48. The van der Waals surface area contributed by atoms with Gasteiger partial charge in [-0.05, 0) is 37.6 Å². The highest BCUT2D eigenvalue weighted by Gasteiger charge is 2.05. The van der Waals surface area contributed by atoms with Crippen molar-refractivity contribution in [1.82, 2.24) is 10.6 Å². The molecule has 1 rings (SSSR count). The quantitative estimate of drug-likeness (QED) is 0.781. The molecular weight excluding hydrogens is 275 g/mol. The van der Waals surface area contributed by atoms with E-state index in [1.54, 1.807) is 6.07 Å². The topological polar surface area (TPSA) is 67.4 Å². The van der Waals surface area contributed by atoms with E-state index in [4.69, 9.17) is 4.74 Å². The Morgan fingerprint density at radius 2 is 2.10 bits per heavy atom. The van der Waals surface area contributed by atoms with Crippen molar-refractivity contribution < 1.29 is 18.7 Å². The number of ether oxygens (including phenoxy) is 1. The monoisotopic (exact) mass is 294 g/mol. The second-order valence-electron chi connectivity index (χ2n) is 4.67. The Hall–Kier alpha value is -2.37. The van der Waals surface area contributed by atoms with Crippen LogP contribution in [0, 0.1) is 5.82 Å². The highest BCUT2D eigenvalue weighted by atomic mass is 19.1. The minimum atomic E-state index is -0.503. The normalized spacial score (nSPS) is 10.7. The molecule has 5 nitrogen and oxygen atoms in total. The third kappa shape index (κ3) is 6.07. The van der Waals surface area contributed by atoms with Gasteiger partial charge in [-0.2, -0.15) is 0 Å². The van der Waals surface area contributed by atoms with E-state index >= 15 is 0 Å². The number of hydrogen-bond acceptors (Lipinski definition) is 3. The predicted octanol–water partition coefficient (Wildman–Crippen LogP) is 1.49. The first-order chi connectivity index (χ1) is 9.92. The smallest absolute Gasteiger partial charge is 0.244 e. The van der Waals surface area contributed by atoms with Crippen LogP contribution in [0.25, 0.3) is 6.08 Å². The summed E-state index contributed by atoms with van der Waals surface area (Å²) < 4.78 is 18.2. The summed E-state index contributed by atoms with van der Waals surface area (Å²) in [4.78, 5) is 22.9. The fraction of sp³-hybridized carbons (Fsp3) is 0.333. The Balaban J connectivity index is 2.50. The molecule has 0 aromatic heterocycles. The van der Waals surface area contributed by atoms with Crippen LogP contribution >= 0.6 is 0 Å². The summed E-state index contributed by atoms with van der Waals surface area (Å²) in [5.41, 5.74) is 0.523. The Morgan fingerprint density at radius 1 is 1.38 bits per heavy atom. The second-order valence-corrected chi connectivity index (χ2v) is 4.67. The van der Waals surface area contributed by atoms with Gasteiger partial charge in [0, 0.05) is 12.1 Å². The molecule has 21 heavy (non-hydrogen) atoms. The van der Waals surface area contributed by atoms with Crippen LogP contribution in [0.15, 0.2) is 24.3 Å². The average molecular weight is 294 g/mol. The van der Waals surface area contributed by atoms with Crippen LogP contribution < -0.4 is 15.4 Å². The molecule has 1 aromatic rings. The summed E-state index contributed by atoms with van der Waals surface area (Å²) in [7, 11) is 1.38. The van der Waals surface area contributed by atoms with Crippen molar-refractivity contribution in [2.24, 2.45) is 0 Å². The number of carbonyl (C=O) groups excluding carboxylic acids is 2. The van der Waals surface area contributed by atoms with Gasteiger partial charge in [-0.1, -0.05) is 6.07 Å². The first kappa shape index (κ1) is 16.7. The Kier molecular flexibility index (Phi) is 6.39. The Bertz CT molecular complexity index is 542. The predicted molar refractivity (Wildman–Crippen MR) is 78.3 cm³/mol. The molecule has 0 heterocycles. The highest BCUT2D eigenvalue weighted by molar-refractivity contribution is 5.94. The number of halogens is 1. The van der Waals surface area contributed by atoms with Crippen molar-refractivity contribution in [3.63, 3.8) is 0 Å². The summed E-state index contributed by atoms with van der Waals surface area (Å²) in [5, 5.41) is 5.09. The average Bonchev–Trinajstić information content (AvgIpc) is 2.42. The molecule has 1 aromatic carbocycles. The van der Waals surface area contributed by atoms with Gasteiger partial charge in [-0.15, -0.1) is 0 Å². The summed E-state index contributed by atoms with van der Waals surface area (Å²) in [5.74, 6) is -1.05. The fourth-order valence-corrected chi connectivity index (χ4v) is 1.56. The van der Waals surface area contributed by atoms with Crippen molar-refractivity contribution in [3.8, 4) is 5.75 Å². The summed E-state index contributed by atoms with van der Waals surface area (Å²) in [6, 6.07) is 4.38. The molecule has 0 aliphatic carbocycles. The Labute approximate surface area is 123 Å². The van der Waals surface area contributed by atoms with E-state index in [1.807, 2.05) is 13.8 Å². The zero-order chi connectivity index (χ0) is 15.8. The van der Waals surface area contributed by atoms with E-state index < -0.39 is 11.7 Å². The SMILES string of the molecule is COc1ccc(/C=C/C(=O)NCC(=O)NC(C)C)cc1F. The lowest BCUT2D eigenvalue weighted by atomic mass is 10.2. The van der Waals surface area contributed by atoms with E-state index in [2.05, 4.69) is 10.6 Å². The lowest BCUT2D eigenvalue weighted by Crippen LogP contribution is -2.39. The van der Waals surface area contributed by atoms with Gasteiger partial charge in [0.15, 0.2) is 11.6 Å². The molecule has 0 unspecified atom stereocenters. The van der Waals surface area contributed by atoms with Crippen molar-refractivity contribution >= 4 is 17.9 Å². The van der Waals surface area contributed by atoms with E-state index in [1.165, 1.54) is 31.4 Å². The zero-order valence-corrected chi connectivity index (χ0v) is 12.3. The fourth-order valence-electron chi connectivity index (χ4n) is 1.56. The summed E-state index contributed by atoms with van der Waals surface area (Å²) >= 11 is 0. The van der Waals surface area contributed by atoms with Crippen LogP contribution in [0.1, 0.15) is 19.4 Å². The first-order valence-corrected chi connectivity index (χ1v) is 6.51. The number of benzene rings is 1.